The molecule has 4 amide bonds. The summed E-state index contributed by atoms with van der Waals surface area (Å²) < 4.78 is 0. The van der Waals surface area contributed by atoms with Crippen LogP contribution in [0.3, 0.4) is 0 Å². The van der Waals surface area contributed by atoms with Crippen molar-refractivity contribution in [1.82, 2.24) is 20.9 Å². The van der Waals surface area contributed by atoms with Crippen LogP contribution in [0, 0.1) is 0 Å². The number of rotatable bonds is 15. The van der Waals surface area contributed by atoms with Crippen LogP contribution in [0.2, 0.25) is 0 Å². The summed E-state index contributed by atoms with van der Waals surface area (Å²) in [5.74, 6) is -5.57. The molecule has 1 heterocycles. The molecule has 206 valence electrons. The van der Waals surface area contributed by atoms with Crippen LogP contribution in [0.1, 0.15) is 38.2 Å². The number of aromatic amines is 1. The van der Waals surface area contributed by atoms with Gasteiger partial charge in [0.05, 0.1) is 6.04 Å². The molecule has 14 nitrogen and oxygen atoms in total. The molecule has 0 aliphatic rings. The van der Waals surface area contributed by atoms with Crippen LogP contribution in [-0.2, 0) is 35.2 Å². The number of carboxylic acid groups (broad SMARTS) is 2. The van der Waals surface area contributed by atoms with E-state index in [4.69, 9.17) is 16.6 Å². The van der Waals surface area contributed by atoms with Crippen LogP contribution >= 0.6 is 0 Å². The smallest absolute Gasteiger partial charge is 0.326 e. The quantitative estimate of drug-likeness (QED) is 0.136. The molecule has 0 saturated carbocycles. The van der Waals surface area contributed by atoms with Crippen molar-refractivity contribution in [2.24, 2.45) is 11.5 Å². The van der Waals surface area contributed by atoms with Gasteiger partial charge in [-0.15, -0.1) is 0 Å². The summed E-state index contributed by atoms with van der Waals surface area (Å²) in [6, 6.07) is 2.25. The fraction of sp³-hybridized carbons (Fsp3) is 0.417. The number of carbonyl (C=O) groups is 6. The van der Waals surface area contributed by atoms with Gasteiger partial charge in [0.2, 0.25) is 23.6 Å². The van der Waals surface area contributed by atoms with Crippen LogP contribution in [0.15, 0.2) is 30.5 Å². The number of nitrogens with one attached hydrogen (secondary N) is 4. The molecular weight excluding hydrogens is 500 g/mol. The van der Waals surface area contributed by atoms with Crippen molar-refractivity contribution in [1.29, 1.82) is 0 Å². The van der Waals surface area contributed by atoms with E-state index in [-0.39, 0.29) is 32.1 Å². The summed E-state index contributed by atoms with van der Waals surface area (Å²) in [5.41, 5.74) is 12.2. The van der Waals surface area contributed by atoms with Gasteiger partial charge in [-0.2, -0.15) is 0 Å². The Morgan fingerprint density at radius 2 is 1.55 bits per heavy atom. The summed E-state index contributed by atoms with van der Waals surface area (Å²) in [6.07, 6.45) is 0.645. The van der Waals surface area contributed by atoms with Gasteiger partial charge in [0.25, 0.3) is 0 Å². The third-order valence-corrected chi connectivity index (χ3v) is 5.78. The van der Waals surface area contributed by atoms with Crippen LogP contribution in [0.25, 0.3) is 10.9 Å². The second kappa shape index (κ2) is 13.7. The first-order valence-corrected chi connectivity index (χ1v) is 11.8. The van der Waals surface area contributed by atoms with Gasteiger partial charge in [0, 0.05) is 36.4 Å². The van der Waals surface area contributed by atoms with Crippen LogP contribution in [-0.4, -0.2) is 74.9 Å². The predicted octanol–water partition coefficient (Wildman–Crippen LogP) is -1.27. The van der Waals surface area contributed by atoms with Crippen molar-refractivity contribution in [2.45, 2.75) is 63.2 Å². The number of hydrogen-bond acceptors (Lipinski definition) is 7. The number of H-pyrrole nitrogens is 1. The molecule has 1 aromatic heterocycles. The molecular formula is C24H32N6O8. The molecule has 1 aromatic carbocycles. The maximum absolute atomic E-state index is 13.1. The standard InChI is InChI=1S/C24H32N6O8/c1-12(28-22(35)15(25)6-9-20(32)33)21(34)30-18(10-13-11-27-16-5-3-2-4-14(13)16)23(36)29-17(24(37)38)7-8-19(26)31/h2-5,11-12,15,17-18,27H,6-10,25H2,1H3,(H2,26,31)(H,28,35)(H,29,36)(H,30,34)(H,32,33)(H,37,38). The third-order valence-electron chi connectivity index (χ3n) is 5.78. The zero-order valence-electron chi connectivity index (χ0n) is 20.7. The van der Waals surface area contributed by atoms with Crippen LogP contribution in [0.4, 0.5) is 0 Å². The Hall–Kier alpha value is -4.46. The minimum atomic E-state index is -1.43. The first-order valence-electron chi connectivity index (χ1n) is 11.8. The third kappa shape index (κ3) is 8.89. The van der Waals surface area contributed by atoms with E-state index in [9.17, 15) is 33.9 Å². The highest BCUT2D eigenvalue weighted by Crippen LogP contribution is 2.19. The second-order valence-electron chi connectivity index (χ2n) is 8.80. The van der Waals surface area contributed by atoms with Gasteiger partial charge in [0.1, 0.15) is 18.1 Å². The predicted molar refractivity (Wildman–Crippen MR) is 134 cm³/mol. The lowest BCUT2D eigenvalue weighted by molar-refractivity contribution is -0.142. The second-order valence-corrected chi connectivity index (χ2v) is 8.80. The highest BCUT2D eigenvalue weighted by Gasteiger charge is 2.30. The average molecular weight is 533 g/mol. The van der Waals surface area contributed by atoms with E-state index in [0.29, 0.717) is 5.56 Å². The zero-order chi connectivity index (χ0) is 28.4. The minimum absolute atomic E-state index is 0.0253. The lowest BCUT2D eigenvalue weighted by Gasteiger charge is -2.23. The van der Waals surface area contributed by atoms with E-state index in [0.717, 1.165) is 10.9 Å². The fourth-order valence-corrected chi connectivity index (χ4v) is 3.64. The first kappa shape index (κ1) is 29.8. The van der Waals surface area contributed by atoms with Gasteiger partial charge >= 0.3 is 11.9 Å². The van der Waals surface area contributed by atoms with Crippen molar-refractivity contribution >= 4 is 46.5 Å². The van der Waals surface area contributed by atoms with Gasteiger partial charge in [-0.05, 0) is 31.4 Å². The Morgan fingerprint density at radius 1 is 0.895 bits per heavy atom. The molecule has 4 unspecified atom stereocenters. The van der Waals surface area contributed by atoms with Crippen molar-refractivity contribution in [3.8, 4) is 0 Å². The van der Waals surface area contributed by atoms with E-state index >= 15 is 0 Å². The van der Waals surface area contributed by atoms with E-state index in [1.807, 2.05) is 18.2 Å². The molecule has 10 N–H and O–H groups in total. The molecule has 0 aliphatic heterocycles. The number of aliphatic carboxylic acids is 2. The molecule has 0 fully saturated rings. The van der Waals surface area contributed by atoms with Crippen molar-refractivity contribution < 1.29 is 39.0 Å². The highest BCUT2D eigenvalue weighted by molar-refractivity contribution is 5.94. The normalized spacial score (nSPS) is 14.1. The van der Waals surface area contributed by atoms with E-state index in [1.54, 1.807) is 12.3 Å². The van der Waals surface area contributed by atoms with E-state index in [2.05, 4.69) is 20.9 Å². The maximum Gasteiger partial charge on any atom is 0.326 e. The summed E-state index contributed by atoms with van der Waals surface area (Å²) in [7, 11) is 0. The van der Waals surface area contributed by atoms with E-state index < -0.39 is 59.7 Å². The van der Waals surface area contributed by atoms with Gasteiger partial charge in [-0.3, -0.25) is 24.0 Å². The number of nitrogens with two attached hydrogens (primary N) is 2. The lowest BCUT2D eigenvalue weighted by atomic mass is 10.0. The van der Waals surface area contributed by atoms with Crippen LogP contribution < -0.4 is 27.4 Å². The van der Waals surface area contributed by atoms with Crippen molar-refractivity contribution in [3.05, 3.63) is 36.0 Å². The molecule has 0 aliphatic carbocycles. The number of fused-ring (bicyclic) bond motifs is 1. The maximum atomic E-state index is 13.1. The number of benzene rings is 1. The molecule has 0 radical (unpaired) electrons. The summed E-state index contributed by atoms with van der Waals surface area (Å²) in [5, 5.41) is 26.2. The van der Waals surface area contributed by atoms with Gasteiger partial charge < -0.3 is 42.6 Å². The molecule has 0 spiro atoms. The Morgan fingerprint density at radius 3 is 2.18 bits per heavy atom. The topological polar surface area (TPSA) is 247 Å². The Kier molecular flexibility index (Phi) is 10.8. The summed E-state index contributed by atoms with van der Waals surface area (Å²) in [4.78, 5) is 74.7. The average Bonchev–Trinajstić information content (AvgIpc) is 3.26. The molecule has 38 heavy (non-hydrogen) atoms. The molecule has 14 heteroatoms. The van der Waals surface area contributed by atoms with Gasteiger partial charge in [-0.1, -0.05) is 18.2 Å². The SMILES string of the molecule is CC(NC(=O)C(N)CCC(=O)O)C(=O)NC(Cc1c[nH]c2ccccc12)C(=O)NC(CCC(N)=O)C(=O)O. The molecule has 2 rings (SSSR count). The Bertz CT molecular complexity index is 1200. The molecule has 4 atom stereocenters. The number of primary amides is 1. The Balaban J connectivity index is 2.18. The monoisotopic (exact) mass is 532 g/mol. The Labute approximate surface area is 217 Å². The molecule has 0 bridgehead atoms. The van der Waals surface area contributed by atoms with E-state index in [1.165, 1.54) is 6.92 Å². The van der Waals surface area contributed by atoms with Gasteiger partial charge in [-0.25, -0.2) is 4.79 Å². The lowest BCUT2D eigenvalue weighted by Crippen LogP contribution is -2.57. The van der Waals surface area contributed by atoms with Crippen molar-refractivity contribution in [2.75, 3.05) is 0 Å². The largest absolute Gasteiger partial charge is 0.481 e. The summed E-state index contributed by atoms with van der Waals surface area (Å²) >= 11 is 0. The number of para-hydroxylation sites is 1. The fourth-order valence-electron chi connectivity index (χ4n) is 3.64. The summed E-state index contributed by atoms with van der Waals surface area (Å²) in [6.45, 7) is 1.35. The number of amides is 4. The molecule has 2 aromatic rings. The molecule has 0 saturated heterocycles. The first-order chi connectivity index (χ1) is 17.9. The number of carboxylic acids is 2. The van der Waals surface area contributed by atoms with Gasteiger partial charge in [0.15, 0.2) is 0 Å². The zero-order valence-corrected chi connectivity index (χ0v) is 20.7. The minimum Gasteiger partial charge on any atom is -0.481 e. The number of carbonyl (C=O) groups excluding carboxylic acids is 4. The number of aromatic nitrogens is 1. The number of hydrogen-bond donors (Lipinski definition) is 8. The van der Waals surface area contributed by atoms with Crippen LogP contribution in [0.5, 0.6) is 0 Å². The van der Waals surface area contributed by atoms with Crippen molar-refractivity contribution in [3.63, 3.8) is 0 Å². The highest BCUT2D eigenvalue weighted by atomic mass is 16.4.